The number of amides is 2. The van der Waals surface area contributed by atoms with E-state index in [-0.39, 0.29) is 0 Å². The van der Waals surface area contributed by atoms with E-state index in [0.29, 0.717) is 5.92 Å². The average Bonchev–Trinajstić information content (AvgIpc) is 2.16. The van der Waals surface area contributed by atoms with Crippen LogP contribution in [0.15, 0.2) is 5.10 Å². The van der Waals surface area contributed by atoms with Gasteiger partial charge in [0.25, 0.3) is 0 Å². The monoisotopic (exact) mass is 197 g/mol. The van der Waals surface area contributed by atoms with Gasteiger partial charge in [-0.1, -0.05) is 20.3 Å². The van der Waals surface area contributed by atoms with E-state index < -0.39 is 6.03 Å². The molecule has 80 valence electrons. The number of nitrogens with one attached hydrogen (secondary N) is 1. The van der Waals surface area contributed by atoms with Crippen molar-refractivity contribution in [2.24, 2.45) is 22.7 Å². The minimum atomic E-state index is -0.580. The summed E-state index contributed by atoms with van der Waals surface area (Å²) in [5, 5.41) is 4.05. The van der Waals surface area contributed by atoms with Crippen molar-refractivity contribution in [3.05, 3.63) is 0 Å². The molecule has 1 aliphatic rings. The summed E-state index contributed by atoms with van der Waals surface area (Å²) in [6.45, 7) is 4.34. The summed E-state index contributed by atoms with van der Waals surface area (Å²) in [4.78, 5) is 10.5. The fourth-order valence-electron chi connectivity index (χ4n) is 1.88. The van der Waals surface area contributed by atoms with Crippen LogP contribution in [-0.2, 0) is 0 Å². The summed E-state index contributed by atoms with van der Waals surface area (Å²) in [7, 11) is 0. The smallest absolute Gasteiger partial charge is 0.332 e. The number of urea groups is 1. The molecule has 0 radical (unpaired) electrons. The molecule has 0 spiro atoms. The van der Waals surface area contributed by atoms with Gasteiger partial charge in [-0.2, -0.15) is 5.10 Å². The number of rotatable bonds is 2. The van der Waals surface area contributed by atoms with Crippen molar-refractivity contribution in [3.63, 3.8) is 0 Å². The Morgan fingerprint density at radius 1 is 1.64 bits per heavy atom. The van der Waals surface area contributed by atoms with Crippen LogP contribution in [0.25, 0.3) is 0 Å². The Bertz CT molecular complexity index is 238. The Morgan fingerprint density at radius 2 is 2.36 bits per heavy atom. The van der Waals surface area contributed by atoms with Gasteiger partial charge < -0.3 is 5.73 Å². The van der Waals surface area contributed by atoms with Crippen LogP contribution < -0.4 is 11.2 Å². The molecule has 1 saturated carbocycles. The quantitative estimate of drug-likeness (QED) is 0.652. The van der Waals surface area contributed by atoms with Crippen LogP contribution in [0.2, 0.25) is 0 Å². The van der Waals surface area contributed by atoms with Crippen molar-refractivity contribution < 1.29 is 4.79 Å². The molecule has 0 bridgehead atoms. The summed E-state index contributed by atoms with van der Waals surface area (Å²) >= 11 is 0. The van der Waals surface area contributed by atoms with Gasteiger partial charge in [0.15, 0.2) is 0 Å². The third-order valence-corrected chi connectivity index (χ3v) is 2.96. The molecule has 4 nitrogen and oxygen atoms in total. The van der Waals surface area contributed by atoms with Gasteiger partial charge in [-0.3, -0.25) is 0 Å². The second-order valence-electron chi connectivity index (χ2n) is 4.04. The number of carbonyl (C=O) groups excluding carboxylic acids is 1. The topological polar surface area (TPSA) is 67.5 Å². The Morgan fingerprint density at radius 3 is 2.93 bits per heavy atom. The van der Waals surface area contributed by atoms with E-state index in [4.69, 9.17) is 5.73 Å². The lowest BCUT2D eigenvalue weighted by molar-refractivity contribution is 0.249. The number of hydrazone groups is 1. The third-order valence-electron chi connectivity index (χ3n) is 2.96. The van der Waals surface area contributed by atoms with Crippen molar-refractivity contribution >= 4 is 11.7 Å². The van der Waals surface area contributed by atoms with E-state index in [9.17, 15) is 4.79 Å². The van der Waals surface area contributed by atoms with Gasteiger partial charge in [-0.15, -0.1) is 0 Å². The molecule has 2 amide bonds. The van der Waals surface area contributed by atoms with Crippen LogP contribution in [-0.4, -0.2) is 11.7 Å². The molecule has 0 saturated heterocycles. The summed E-state index contributed by atoms with van der Waals surface area (Å²) in [5.74, 6) is 1.20. The number of nitrogens with two attached hydrogens (primary N) is 1. The lowest BCUT2D eigenvalue weighted by Crippen LogP contribution is -2.30. The molecule has 1 rings (SSSR count). The van der Waals surface area contributed by atoms with Gasteiger partial charge in [0, 0.05) is 5.71 Å². The van der Waals surface area contributed by atoms with Gasteiger partial charge in [0.1, 0.15) is 0 Å². The maximum atomic E-state index is 10.5. The first-order valence-corrected chi connectivity index (χ1v) is 5.25. The highest BCUT2D eigenvalue weighted by Gasteiger charge is 2.22. The van der Waals surface area contributed by atoms with E-state index in [1.807, 2.05) is 0 Å². The van der Waals surface area contributed by atoms with Gasteiger partial charge in [-0.25, -0.2) is 10.2 Å². The number of primary amides is 1. The zero-order chi connectivity index (χ0) is 10.6. The molecular formula is C10H19N3O. The maximum Gasteiger partial charge on any atom is 0.332 e. The van der Waals surface area contributed by atoms with Crippen LogP contribution in [0.4, 0.5) is 4.79 Å². The van der Waals surface area contributed by atoms with Crippen LogP contribution in [0.1, 0.15) is 39.5 Å². The van der Waals surface area contributed by atoms with Gasteiger partial charge in [0.2, 0.25) is 0 Å². The molecule has 4 heteroatoms. The molecule has 1 aliphatic carbocycles. The number of hydrogen-bond donors (Lipinski definition) is 2. The molecule has 0 aliphatic heterocycles. The van der Waals surface area contributed by atoms with Crippen molar-refractivity contribution in [1.82, 2.24) is 5.43 Å². The van der Waals surface area contributed by atoms with Gasteiger partial charge in [0.05, 0.1) is 0 Å². The standard InChI is InChI=1S/C10H19N3O/c1-3-8-5-4-7(2)9(6-8)12-13-10(11)14/h7-8H,3-6H2,1-2H3,(H3,11,13,14)/b12-9+. The first-order valence-electron chi connectivity index (χ1n) is 5.25. The molecule has 0 aromatic carbocycles. The highest BCUT2D eigenvalue weighted by Crippen LogP contribution is 2.28. The zero-order valence-electron chi connectivity index (χ0n) is 8.92. The fraction of sp³-hybridized carbons (Fsp3) is 0.800. The largest absolute Gasteiger partial charge is 0.350 e. The lowest BCUT2D eigenvalue weighted by atomic mass is 9.80. The Kier molecular flexibility index (Phi) is 3.92. The Hall–Kier alpha value is -1.06. The van der Waals surface area contributed by atoms with Crippen molar-refractivity contribution in [1.29, 1.82) is 0 Å². The number of carbonyl (C=O) groups is 1. The first kappa shape index (κ1) is 11.0. The maximum absolute atomic E-state index is 10.5. The Balaban J connectivity index is 2.55. The summed E-state index contributed by atoms with van der Waals surface area (Å²) in [5.41, 5.74) is 8.37. The fourth-order valence-corrected chi connectivity index (χ4v) is 1.88. The molecule has 0 heterocycles. The van der Waals surface area contributed by atoms with Crippen molar-refractivity contribution in [3.8, 4) is 0 Å². The summed E-state index contributed by atoms with van der Waals surface area (Å²) < 4.78 is 0. The minimum absolute atomic E-state index is 0.477. The number of nitrogens with zero attached hydrogens (tertiary/aromatic N) is 1. The van der Waals surface area contributed by atoms with E-state index in [1.165, 1.54) is 12.8 Å². The normalized spacial score (nSPS) is 30.3. The van der Waals surface area contributed by atoms with Crippen LogP contribution in [0.5, 0.6) is 0 Å². The zero-order valence-corrected chi connectivity index (χ0v) is 8.92. The molecule has 2 atom stereocenters. The van der Waals surface area contributed by atoms with Crippen LogP contribution >= 0.6 is 0 Å². The van der Waals surface area contributed by atoms with Crippen molar-refractivity contribution in [2.75, 3.05) is 0 Å². The SMILES string of the molecule is CCC1CCC(C)/C(=N/NC(N)=O)C1. The van der Waals surface area contributed by atoms with Crippen LogP contribution in [0, 0.1) is 11.8 Å². The van der Waals surface area contributed by atoms with E-state index in [0.717, 1.165) is 24.5 Å². The Labute approximate surface area is 84.9 Å². The molecule has 0 aromatic heterocycles. The lowest BCUT2D eigenvalue weighted by Gasteiger charge is -2.26. The molecule has 0 aromatic rings. The predicted molar refractivity (Wildman–Crippen MR) is 57.0 cm³/mol. The molecule has 3 N–H and O–H groups in total. The van der Waals surface area contributed by atoms with Gasteiger partial charge in [-0.05, 0) is 31.1 Å². The third kappa shape index (κ3) is 3.01. The van der Waals surface area contributed by atoms with Crippen molar-refractivity contribution in [2.45, 2.75) is 39.5 Å². The minimum Gasteiger partial charge on any atom is -0.350 e. The van der Waals surface area contributed by atoms with E-state index >= 15 is 0 Å². The van der Waals surface area contributed by atoms with Gasteiger partial charge >= 0.3 is 6.03 Å². The van der Waals surface area contributed by atoms with Crippen LogP contribution in [0.3, 0.4) is 0 Å². The summed E-state index contributed by atoms with van der Waals surface area (Å²) in [6.07, 6.45) is 4.62. The predicted octanol–water partition coefficient (Wildman–Crippen LogP) is 1.86. The highest BCUT2D eigenvalue weighted by atomic mass is 16.2. The second-order valence-corrected chi connectivity index (χ2v) is 4.04. The molecule has 14 heavy (non-hydrogen) atoms. The molecule has 2 unspecified atom stereocenters. The summed E-state index contributed by atoms with van der Waals surface area (Å²) in [6, 6.07) is -0.580. The highest BCUT2D eigenvalue weighted by molar-refractivity contribution is 5.88. The first-order chi connectivity index (χ1) is 6.63. The van der Waals surface area contributed by atoms with E-state index in [2.05, 4.69) is 24.4 Å². The number of hydrogen-bond acceptors (Lipinski definition) is 2. The second kappa shape index (κ2) is 4.98. The molecular weight excluding hydrogens is 178 g/mol. The van der Waals surface area contributed by atoms with E-state index in [1.54, 1.807) is 0 Å². The average molecular weight is 197 g/mol. The molecule has 1 fully saturated rings.